The van der Waals surface area contributed by atoms with Crippen molar-refractivity contribution in [2.24, 2.45) is 0 Å². The predicted molar refractivity (Wildman–Crippen MR) is 88.0 cm³/mol. The van der Waals surface area contributed by atoms with Gasteiger partial charge in [-0.25, -0.2) is 0 Å². The Kier molecular flexibility index (Phi) is 4.37. The third-order valence-corrected chi connectivity index (χ3v) is 4.18. The second-order valence-electron chi connectivity index (χ2n) is 5.57. The fraction of sp³-hybridized carbons (Fsp3) is 0.312. The minimum atomic E-state index is -0.460. The molecule has 1 amide bonds. The molecule has 0 atom stereocenters. The Balaban J connectivity index is 1.72. The molecule has 3 rings (SSSR count). The first-order valence-electron chi connectivity index (χ1n) is 7.64. The van der Waals surface area contributed by atoms with Gasteiger partial charge in [-0.15, -0.1) is 5.10 Å². The third-order valence-electron chi connectivity index (χ3n) is 4.18. The van der Waals surface area contributed by atoms with Crippen molar-refractivity contribution < 1.29 is 9.72 Å². The van der Waals surface area contributed by atoms with Gasteiger partial charge in [-0.1, -0.05) is 6.07 Å². The maximum absolute atomic E-state index is 12.7. The van der Waals surface area contributed by atoms with Gasteiger partial charge in [-0.05, 0) is 25.1 Å². The molecule has 0 N–H and O–H groups in total. The van der Waals surface area contributed by atoms with E-state index in [0.717, 1.165) is 5.82 Å². The fourth-order valence-corrected chi connectivity index (χ4v) is 2.82. The van der Waals surface area contributed by atoms with Gasteiger partial charge in [0.1, 0.15) is 0 Å². The van der Waals surface area contributed by atoms with Crippen LogP contribution < -0.4 is 4.90 Å². The highest BCUT2D eigenvalue weighted by molar-refractivity contribution is 5.96. The van der Waals surface area contributed by atoms with Gasteiger partial charge in [0.05, 0.1) is 4.92 Å². The molecule has 1 fully saturated rings. The molecule has 0 bridgehead atoms. The zero-order valence-electron chi connectivity index (χ0n) is 13.3. The Labute approximate surface area is 138 Å². The minimum Gasteiger partial charge on any atom is -0.352 e. The molecule has 0 radical (unpaired) electrons. The largest absolute Gasteiger partial charge is 0.352 e. The van der Waals surface area contributed by atoms with Gasteiger partial charge < -0.3 is 9.80 Å². The summed E-state index contributed by atoms with van der Waals surface area (Å²) >= 11 is 0. The molecule has 24 heavy (non-hydrogen) atoms. The van der Waals surface area contributed by atoms with Crippen LogP contribution in [0.2, 0.25) is 0 Å². The van der Waals surface area contributed by atoms with Gasteiger partial charge in [-0.2, -0.15) is 5.10 Å². The van der Waals surface area contributed by atoms with Crippen molar-refractivity contribution in [3.8, 4) is 0 Å². The molecule has 124 valence electrons. The average Bonchev–Trinajstić information content (AvgIpc) is 2.62. The molecule has 0 unspecified atom stereocenters. The van der Waals surface area contributed by atoms with Crippen LogP contribution in [0.25, 0.3) is 0 Å². The van der Waals surface area contributed by atoms with Crippen molar-refractivity contribution in [3.05, 3.63) is 57.8 Å². The van der Waals surface area contributed by atoms with E-state index >= 15 is 0 Å². The lowest BCUT2D eigenvalue weighted by Gasteiger charge is -2.35. The van der Waals surface area contributed by atoms with E-state index in [2.05, 4.69) is 15.1 Å². The Morgan fingerprint density at radius 3 is 2.54 bits per heavy atom. The number of hydrogen-bond acceptors (Lipinski definition) is 6. The number of piperazine rings is 1. The van der Waals surface area contributed by atoms with E-state index in [9.17, 15) is 14.9 Å². The molecule has 0 spiro atoms. The molecule has 8 nitrogen and oxygen atoms in total. The Morgan fingerprint density at radius 2 is 1.92 bits per heavy atom. The molecule has 1 aromatic carbocycles. The van der Waals surface area contributed by atoms with Crippen LogP contribution in [-0.4, -0.2) is 52.1 Å². The van der Waals surface area contributed by atoms with E-state index in [1.54, 1.807) is 30.2 Å². The van der Waals surface area contributed by atoms with Crippen LogP contribution in [0, 0.1) is 17.0 Å². The number of carbonyl (C=O) groups is 1. The van der Waals surface area contributed by atoms with Crippen LogP contribution in [0.5, 0.6) is 0 Å². The molecule has 1 aromatic heterocycles. The predicted octanol–water partition coefficient (Wildman–Crippen LogP) is 1.66. The van der Waals surface area contributed by atoms with Crippen LogP contribution in [0.3, 0.4) is 0 Å². The first-order chi connectivity index (χ1) is 11.6. The number of hydrogen-bond donors (Lipinski definition) is 0. The average molecular weight is 327 g/mol. The molecule has 8 heteroatoms. The highest BCUT2D eigenvalue weighted by Gasteiger charge is 2.26. The number of rotatable bonds is 3. The summed E-state index contributed by atoms with van der Waals surface area (Å²) in [6.07, 6.45) is 1.62. The monoisotopic (exact) mass is 327 g/mol. The second-order valence-corrected chi connectivity index (χ2v) is 5.57. The van der Waals surface area contributed by atoms with Gasteiger partial charge in [0.15, 0.2) is 5.82 Å². The highest BCUT2D eigenvalue weighted by Crippen LogP contribution is 2.23. The zero-order valence-corrected chi connectivity index (χ0v) is 13.3. The van der Waals surface area contributed by atoms with Crippen molar-refractivity contribution >= 4 is 17.4 Å². The van der Waals surface area contributed by atoms with E-state index in [-0.39, 0.29) is 11.6 Å². The molecule has 0 aliphatic carbocycles. The number of nitrogens with zero attached hydrogens (tertiary/aromatic N) is 5. The van der Waals surface area contributed by atoms with E-state index in [0.29, 0.717) is 37.3 Å². The smallest absolute Gasteiger partial charge is 0.273 e. The number of amides is 1. The molecule has 2 aromatic rings. The summed E-state index contributed by atoms with van der Waals surface area (Å²) in [7, 11) is 0. The first-order valence-corrected chi connectivity index (χ1v) is 7.64. The molecule has 0 saturated carbocycles. The Morgan fingerprint density at radius 1 is 1.17 bits per heavy atom. The second kappa shape index (κ2) is 6.61. The van der Waals surface area contributed by atoms with E-state index in [1.165, 1.54) is 6.07 Å². The van der Waals surface area contributed by atoms with Crippen LogP contribution in [0.4, 0.5) is 11.5 Å². The quantitative estimate of drug-likeness (QED) is 0.629. The fourth-order valence-electron chi connectivity index (χ4n) is 2.82. The number of carbonyl (C=O) groups excluding carboxylic acids is 1. The highest BCUT2D eigenvalue weighted by atomic mass is 16.6. The van der Waals surface area contributed by atoms with Crippen LogP contribution in [-0.2, 0) is 0 Å². The summed E-state index contributed by atoms with van der Waals surface area (Å²) in [5.74, 6) is 0.617. The molecule has 2 heterocycles. The maximum Gasteiger partial charge on any atom is 0.273 e. The molecule has 1 aliphatic rings. The topological polar surface area (TPSA) is 92.5 Å². The lowest BCUT2D eigenvalue weighted by Crippen LogP contribution is -2.49. The maximum atomic E-state index is 12.7. The number of benzene rings is 1. The van der Waals surface area contributed by atoms with Crippen LogP contribution >= 0.6 is 0 Å². The first kappa shape index (κ1) is 15.9. The van der Waals surface area contributed by atoms with Crippen molar-refractivity contribution in [3.63, 3.8) is 0 Å². The zero-order chi connectivity index (χ0) is 17.1. The number of nitro benzene ring substituents is 1. The van der Waals surface area contributed by atoms with Gasteiger partial charge >= 0.3 is 0 Å². The normalized spacial score (nSPS) is 14.5. The van der Waals surface area contributed by atoms with Crippen LogP contribution in [0.15, 0.2) is 36.5 Å². The summed E-state index contributed by atoms with van der Waals surface area (Å²) in [6.45, 7) is 3.99. The van der Waals surface area contributed by atoms with Crippen molar-refractivity contribution in [1.29, 1.82) is 0 Å². The summed E-state index contributed by atoms with van der Waals surface area (Å²) in [5, 5.41) is 19.0. The van der Waals surface area contributed by atoms with E-state index in [4.69, 9.17) is 0 Å². The SMILES string of the molecule is Cc1c(C(=O)N2CCN(c3cccnn3)CC2)cccc1[N+](=O)[O-]. The third kappa shape index (κ3) is 3.03. The van der Waals surface area contributed by atoms with Gasteiger partial charge in [0.25, 0.3) is 11.6 Å². The number of anilines is 1. The van der Waals surface area contributed by atoms with Crippen molar-refractivity contribution in [2.75, 3.05) is 31.1 Å². The lowest BCUT2D eigenvalue weighted by atomic mass is 10.1. The summed E-state index contributed by atoms with van der Waals surface area (Å²) < 4.78 is 0. The van der Waals surface area contributed by atoms with Gasteiger partial charge in [0.2, 0.25) is 0 Å². The summed E-state index contributed by atoms with van der Waals surface area (Å²) in [5.41, 5.74) is 0.764. The molecular weight excluding hydrogens is 310 g/mol. The lowest BCUT2D eigenvalue weighted by molar-refractivity contribution is -0.385. The number of aromatic nitrogens is 2. The van der Waals surface area contributed by atoms with E-state index in [1.807, 2.05) is 12.1 Å². The summed E-state index contributed by atoms with van der Waals surface area (Å²) in [4.78, 5) is 27.1. The van der Waals surface area contributed by atoms with Crippen molar-refractivity contribution in [2.45, 2.75) is 6.92 Å². The van der Waals surface area contributed by atoms with Crippen LogP contribution in [0.1, 0.15) is 15.9 Å². The Hall–Kier alpha value is -3.03. The Bertz CT molecular complexity index is 758. The van der Waals surface area contributed by atoms with Gasteiger partial charge in [0, 0.05) is 49.6 Å². The molecular formula is C16H17N5O3. The summed E-state index contributed by atoms with van der Waals surface area (Å²) in [6, 6.07) is 8.31. The number of nitro groups is 1. The molecule has 1 saturated heterocycles. The standard InChI is InChI=1S/C16H17N5O3/c1-12-13(4-2-5-14(12)21(23)24)16(22)20-10-8-19(9-11-20)15-6-3-7-17-18-15/h2-7H,8-11H2,1H3. The van der Waals surface area contributed by atoms with E-state index < -0.39 is 4.92 Å². The molecule has 1 aliphatic heterocycles. The van der Waals surface area contributed by atoms with Crippen molar-refractivity contribution in [1.82, 2.24) is 15.1 Å². The van der Waals surface area contributed by atoms with Gasteiger partial charge in [-0.3, -0.25) is 14.9 Å². The minimum absolute atomic E-state index is 0.0287.